The van der Waals surface area contributed by atoms with Gasteiger partial charge < -0.3 is 20.9 Å². The van der Waals surface area contributed by atoms with Crippen molar-refractivity contribution in [1.29, 1.82) is 0 Å². The molecule has 0 aliphatic carbocycles. The van der Waals surface area contributed by atoms with Gasteiger partial charge in [0.1, 0.15) is 6.04 Å². The topological polar surface area (TPSA) is 73.5 Å². The Balaban J connectivity index is 1.97. The summed E-state index contributed by atoms with van der Waals surface area (Å²) < 4.78 is 0. The van der Waals surface area contributed by atoms with Gasteiger partial charge in [0.15, 0.2) is 0 Å². The minimum Gasteiger partial charge on any atom is -0.359 e. The highest BCUT2D eigenvalue weighted by Crippen LogP contribution is 2.38. The van der Waals surface area contributed by atoms with Gasteiger partial charge in [-0.25, -0.2) is 0 Å². The van der Waals surface area contributed by atoms with Crippen LogP contribution in [0.2, 0.25) is 5.02 Å². The van der Waals surface area contributed by atoms with Gasteiger partial charge in [0.05, 0.1) is 17.3 Å². The summed E-state index contributed by atoms with van der Waals surface area (Å²) in [6.07, 6.45) is 0. The molecule has 1 saturated heterocycles. The van der Waals surface area contributed by atoms with Gasteiger partial charge >= 0.3 is 0 Å². The van der Waals surface area contributed by atoms with Crippen molar-refractivity contribution in [3.05, 3.63) is 22.7 Å². The van der Waals surface area contributed by atoms with Crippen LogP contribution in [-0.4, -0.2) is 38.5 Å². The first kappa shape index (κ1) is 13.2. The number of halogens is 1. The maximum absolute atomic E-state index is 11.8. The summed E-state index contributed by atoms with van der Waals surface area (Å²) in [6.45, 7) is 1.58. The number of likely N-dealkylation sites (N-methyl/N-ethyl adjacent to an activating group) is 1. The fraction of sp³-hybridized carbons (Fsp3) is 0.385. The lowest BCUT2D eigenvalue weighted by molar-refractivity contribution is -0.120. The molecule has 0 radical (unpaired) electrons. The Bertz CT molecular complexity index is 590. The summed E-state index contributed by atoms with van der Waals surface area (Å²) in [5.41, 5.74) is 2.37. The third-order valence-corrected chi connectivity index (χ3v) is 3.92. The molecule has 2 amide bonds. The Morgan fingerprint density at radius 2 is 2.20 bits per heavy atom. The van der Waals surface area contributed by atoms with E-state index in [4.69, 9.17) is 11.6 Å². The highest BCUT2D eigenvalue weighted by molar-refractivity contribution is 6.33. The highest BCUT2D eigenvalue weighted by atomic mass is 35.5. The minimum atomic E-state index is -0.374. The molecular weight excluding hydrogens is 280 g/mol. The fourth-order valence-corrected chi connectivity index (χ4v) is 2.94. The van der Waals surface area contributed by atoms with Crippen LogP contribution in [0.4, 0.5) is 11.4 Å². The Hall–Kier alpha value is -1.79. The van der Waals surface area contributed by atoms with Gasteiger partial charge in [-0.1, -0.05) is 11.6 Å². The van der Waals surface area contributed by atoms with Crippen LogP contribution in [0.1, 0.15) is 11.6 Å². The maximum Gasteiger partial charge on any atom is 0.246 e. The monoisotopic (exact) mass is 294 g/mol. The van der Waals surface area contributed by atoms with Gasteiger partial charge in [0.25, 0.3) is 0 Å². The zero-order chi connectivity index (χ0) is 14.3. The molecule has 0 bridgehead atoms. The lowest BCUT2D eigenvalue weighted by Gasteiger charge is -2.29. The van der Waals surface area contributed by atoms with E-state index in [-0.39, 0.29) is 24.4 Å². The standard InChI is InChI=1S/C13H15ClN4O2/c1-15-12-7-4-8(14)10(5-9(7)17-13(12)20)18-3-2-16-11(19)6-18/h4-5,12,15H,2-3,6H2,1H3,(H,16,19)(H,17,20). The number of hydrogen-bond donors (Lipinski definition) is 3. The zero-order valence-electron chi connectivity index (χ0n) is 11.0. The molecule has 3 rings (SSSR count). The summed E-state index contributed by atoms with van der Waals surface area (Å²) in [4.78, 5) is 25.2. The van der Waals surface area contributed by atoms with Crippen molar-refractivity contribution < 1.29 is 9.59 Å². The van der Waals surface area contributed by atoms with Crippen molar-refractivity contribution in [3.63, 3.8) is 0 Å². The average Bonchev–Trinajstić information content (AvgIpc) is 2.72. The molecule has 106 valence electrons. The first-order chi connectivity index (χ1) is 9.60. The summed E-state index contributed by atoms with van der Waals surface area (Å²) in [5.74, 6) is -0.114. The van der Waals surface area contributed by atoms with Crippen molar-refractivity contribution in [3.8, 4) is 0 Å². The molecule has 0 aromatic heterocycles. The molecule has 6 nitrogen and oxygen atoms in total. The molecule has 0 spiro atoms. The van der Waals surface area contributed by atoms with Crippen LogP contribution in [-0.2, 0) is 9.59 Å². The third-order valence-electron chi connectivity index (χ3n) is 3.62. The maximum atomic E-state index is 11.8. The predicted octanol–water partition coefficient (Wildman–Crippen LogP) is 0.489. The van der Waals surface area contributed by atoms with E-state index in [1.807, 2.05) is 11.0 Å². The third kappa shape index (κ3) is 2.10. The molecule has 1 aromatic rings. The molecule has 1 aromatic carbocycles. The normalized spacial score (nSPS) is 21.5. The smallest absolute Gasteiger partial charge is 0.246 e. The number of benzene rings is 1. The summed E-state index contributed by atoms with van der Waals surface area (Å²) in [5, 5.41) is 9.11. The van der Waals surface area contributed by atoms with Gasteiger partial charge in [0, 0.05) is 24.3 Å². The Morgan fingerprint density at radius 1 is 1.40 bits per heavy atom. The SMILES string of the molecule is CNC1C(=O)Nc2cc(N3CCNC(=O)C3)c(Cl)cc21. The molecule has 0 saturated carbocycles. The number of rotatable bonds is 2. The number of fused-ring (bicyclic) bond motifs is 1. The fourth-order valence-electron chi connectivity index (χ4n) is 2.64. The van der Waals surface area contributed by atoms with Crippen LogP contribution in [0, 0.1) is 0 Å². The van der Waals surface area contributed by atoms with Crippen LogP contribution in [0.3, 0.4) is 0 Å². The molecule has 1 atom stereocenters. The summed E-state index contributed by atoms with van der Waals surface area (Å²) >= 11 is 6.32. The second kappa shape index (κ2) is 4.96. The van der Waals surface area contributed by atoms with Crippen molar-refractivity contribution in [1.82, 2.24) is 10.6 Å². The van der Waals surface area contributed by atoms with E-state index in [0.29, 0.717) is 18.1 Å². The van der Waals surface area contributed by atoms with E-state index in [0.717, 1.165) is 16.9 Å². The predicted molar refractivity (Wildman–Crippen MR) is 77.1 cm³/mol. The van der Waals surface area contributed by atoms with Crippen LogP contribution in [0.25, 0.3) is 0 Å². The number of hydrogen-bond acceptors (Lipinski definition) is 4. The van der Waals surface area contributed by atoms with E-state index in [1.54, 1.807) is 13.1 Å². The number of piperazine rings is 1. The number of nitrogens with zero attached hydrogens (tertiary/aromatic N) is 1. The van der Waals surface area contributed by atoms with Crippen LogP contribution >= 0.6 is 11.6 Å². The van der Waals surface area contributed by atoms with E-state index >= 15 is 0 Å². The Kier molecular flexibility index (Phi) is 3.27. The van der Waals surface area contributed by atoms with Gasteiger partial charge in [-0.3, -0.25) is 9.59 Å². The molecule has 1 unspecified atom stereocenters. The molecule has 7 heteroatoms. The number of nitrogens with one attached hydrogen (secondary N) is 3. The Labute approximate surface area is 121 Å². The van der Waals surface area contributed by atoms with E-state index < -0.39 is 0 Å². The number of anilines is 2. The van der Waals surface area contributed by atoms with Crippen molar-refractivity contribution >= 4 is 34.8 Å². The zero-order valence-corrected chi connectivity index (χ0v) is 11.8. The van der Waals surface area contributed by atoms with Crippen molar-refractivity contribution in [2.24, 2.45) is 0 Å². The van der Waals surface area contributed by atoms with E-state index in [1.165, 1.54) is 0 Å². The first-order valence-electron chi connectivity index (χ1n) is 6.43. The molecule has 1 fully saturated rings. The molecule has 2 aliphatic rings. The van der Waals surface area contributed by atoms with Crippen LogP contribution < -0.4 is 20.9 Å². The lowest BCUT2D eigenvalue weighted by Crippen LogP contribution is -2.47. The van der Waals surface area contributed by atoms with Crippen LogP contribution in [0.15, 0.2) is 12.1 Å². The van der Waals surface area contributed by atoms with E-state index in [2.05, 4.69) is 16.0 Å². The largest absolute Gasteiger partial charge is 0.359 e. The number of carbonyl (C=O) groups excluding carboxylic acids is 2. The lowest BCUT2D eigenvalue weighted by atomic mass is 10.1. The van der Waals surface area contributed by atoms with Gasteiger partial charge in [-0.05, 0) is 19.2 Å². The van der Waals surface area contributed by atoms with Gasteiger partial charge in [-0.15, -0.1) is 0 Å². The van der Waals surface area contributed by atoms with E-state index in [9.17, 15) is 9.59 Å². The molecule has 20 heavy (non-hydrogen) atoms. The number of amides is 2. The van der Waals surface area contributed by atoms with Crippen molar-refractivity contribution in [2.45, 2.75) is 6.04 Å². The van der Waals surface area contributed by atoms with Crippen LogP contribution in [0.5, 0.6) is 0 Å². The Morgan fingerprint density at radius 3 is 2.90 bits per heavy atom. The average molecular weight is 295 g/mol. The van der Waals surface area contributed by atoms with Gasteiger partial charge in [-0.2, -0.15) is 0 Å². The second-order valence-electron chi connectivity index (χ2n) is 4.87. The summed E-state index contributed by atoms with van der Waals surface area (Å²) in [6, 6.07) is 3.25. The number of carbonyl (C=O) groups is 2. The second-order valence-corrected chi connectivity index (χ2v) is 5.28. The molecule has 2 aliphatic heterocycles. The summed E-state index contributed by atoms with van der Waals surface area (Å²) in [7, 11) is 1.73. The molecular formula is C13H15ClN4O2. The van der Waals surface area contributed by atoms with Gasteiger partial charge in [0.2, 0.25) is 11.8 Å². The first-order valence-corrected chi connectivity index (χ1v) is 6.81. The molecule has 2 heterocycles. The minimum absolute atomic E-state index is 0.0232. The quantitative estimate of drug-likeness (QED) is 0.742. The molecule has 3 N–H and O–H groups in total. The van der Waals surface area contributed by atoms with Crippen molar-refractivity contribution in [2.75, 3.05) is 36.9 Å². The highest BCUT2D eigenvalue weighted by Gasteiger charge is 2.31.